The highest BCUT2D eigenvalue weighted by atomic mass is 19.4. The second-order valence-corrected chi connectivity index (χ2v) is 6.16. The van der Waals surface area contributed by atoms with E-state index in [9.17, 15) is 18.0 Å². The summed E-state index contributed by atoms with van der Waals surface area (Å²) in [6.07, 6.45) is -0.433. The summed E-state index contributed by atoms with van der Waals surface area (Å²) in [7, 11) is 0. The molecular weight excluding hydrogens is 305 g/mol. The van der Waals surface area contributed by atoms with Crippen LogP contribution in [0.3, 0.4) is 0 Å². The van der Waals surface area contributed by atoms with Gasteiger partial charge in [0.15, 0.2) is 0 Å². The van der Waals surface area contributed by atoms with Gasteiger partial charge in [-0.15, -0.1) is 0 Å². The maximum atomic E-state index is 12.6. The van der Waals surface area contributed by atoms with E-state index in [2.05, 4.69) is 0 Å². The van der Waals surface area contributed by atoms with Crippen LogP contribution in [0.15, 0.2) is 24.3 Å². The Morgan fingerprint density at radius 2 is 1.74 bits per heavy atom. The van der Waals surface area contributed by atoms with Gasteiger partial charge in [0.2, 0.25) is 5.91 Å². The summed E-state index contributed by atoms with van der Waals surface area (Å²) in [6.45, 7) is -0.248. The lowest BCUT2D eigenvalue weighted by Gasteiger charge is -2.35. The van der Waals surface area contributed by atoms with E-state index in [-0.39, 0.29) is 24.9 Å². The van der Waals surface area contributed by atoms with Crippen LogP contribution in [0.4, 0.5) is 18.9 Å². The van der Waals surface area contributed by atoms with Gasteiger partial charge in [0, 0.05) is 18.3 Å². The van der Waals surface area contributed by atoms with E-state index >= 15 is 0 Å². The molecule has 1 fully saturated rings. The van der Waals surface area contributed by atoms with Crippen LogP contribution >= 0.6 is 0 Å². The van der Waals surface area contributed by atoms with Crippen LogP contribution in [-0.4, -0.2) is 29.6 Å². The Balaban J connectivity index is 2.04. The molecule has 1 aromatic rings. The summed E-state index contributed by atoms with van der Waals surface area (Å²) in [5.74, 6) is -0.231. The van der Waals surface area contributed by atoms with Crippen molar-refractivity contribution in [2.45, 2.75) is 57.2 Å². The number of carbonyl (C=O) groups excluding carboxylic acids is 1. The Kier molecular flexibility index (Phi) is 5.91. The minimum atomic E-state index is -4.24. The van der Waals surface area contributed by atoms with Gasteiger partial charge in [0.25, 0.3) is 0 Å². The second-order valence-electron chi connectivity index (χ2n) is 6.16. The first-order valence-corrected chi connectivity index (χ1v) is 8.06. The van der Waals surface area contributed by atoms with E-state index in [1.165, 1.54) is 4.90 Å². The summed E-state index contributed by atoms with van der Waals surface area (Å²) in [6, 6.07) is 6.82. The molecule has 1 aromatic carbocycles. The van der Waals surface area contributed by atoms with Gasteiger partial charge >= 0.3 is 6.18 Å². The molecular formula is C17H23F3N2O. The van der Waals surface area contributed by atoms with Crippen LogP contribution in [0.2, 0.25) is 0 Å². The molecule has 0 aromatic heterocycles. The number of hydrogen-bond donors (Lipinski definition) is 1. The molecule has 128 valence electrons. The molecule has 0 unspecified atom stereocenters. The monoisotopic (exact) mass is 328 g/mol. The number of hydrogen-bond acceptors (Lipinski definition) is 2. The third-order valence-corrected chi connectivity index (χ3v) is 4.31. The molecule has 3 nitrogen and oxygen atoms in total. The lowest BCUT2D eigenvalue weighted by molar-refractivity contribution is -0.148. The van der Waals surface area contributed by atoms with Crippen molar-refractivity contribution in [2.24, 2.45) is 0 Å². The van der Waals surface area contributed by atoms with E-state index in [0.717, 1.165) is 37.7 Å². The number of anilines is 1. The van der Waals surface area contributed by atoms with Crippen molar-refractivity contribution < 1.29 is 18.0 Å². The van der Waals surface area contributed by atoms with Gasteiger partial charge in [-0.3, -0.25) is 4.79 Å². The first kappa shape index (κ1) is 17.6. The number of rotatable bonds is 5. The summed E-state index contributed by atoms with van der Waals surface area (Å²) < 4.78 is 37.7. The van der Waals surface area contributed by atoms with Crippen molar-refractivity contribution in [1.82, 2.24) is 4.90 Å². The predicted molar refractivity (Wildman–Crippen MR) is 83.8 cm³/mol. The molecule has 6 heteroatoms. The molecule has 2 rings (SSSR count). The number of alkyl halides is 3. The molecule has 1 amide bonds. The third kappa shape index (κ3) is 5.77. The van der Waals surface area contributed by atoms with E-state index < -0.39 is 12.6 Å². The molecule has 0 radical (unpaired) electrons. The van der Waals surface area contributed by atoms with Crippen LogP contribution < -0.4 is 5.73 Å². The molecule has 1 aliphatic rings. The molecule has 0 heterocycles. The van der Waals surface area contributed by atoms with Gasteiger partial charge in [-0.25, -0.2) is 0 Å². The van der Waals surface area contributed by atoms with Crippen molar-refractivity contribution in [3.05, 3.63) is 29.8 Å². The van der Waals surface area contributed by atoms with Gasteiger partial charge in [0.05, 0.1) is 12.8 Å². The Morgan fingerprint density at radius 1 is 1.13 bits per heavy atom. The molecule has 1 aliphatic carbocycles. The van der Waals surface area contributed by atoms with E-state index in [1.54, 1.807) is 24.3 Å². The normalized spacial score (nSPS) is 16.3. The quantitative estimate of drug-likeness (QED) is 0.833. The predicted octanol–water partition coefficient (Wildman–Crippen LogP) is 3.93. The summed E-state index contributed by atoms with van der Waals surface area (Å²) >= 11 is 0. The fraction of sp³-hybridized carbons (Fsp3) is 0.588. The molecule has 0 atom stereocenters. The minimum absolute atomic E-state index is 0.0626. The smallest absolute Gasteiger partial charge is 0.390 e. The van der Waals surface area contributed by atoms with Crippen molar-refractivity contribution in [1.29, 1.82) is 0 Å². The highest BCUT2D eigenvalue weighted by Crippen LogP contribution is 2.26. The zero-order valence-electron chi connectivity index (χ0n) is 13.1. The topological polar surface area (TPSA) is 46.3 Å². The Hall–Kier alpha value is -1.72. The molecule has 0 aliphatic heterocycles. The fourth-order valence-corrected chi connectivity index (χ4v) is 3.06. The average Bonchev–Trinajstić information content (AvgIpc) is 2.50. The van der Waals surface area contributed by atoms with Gasteiger partial charge in [-0.1, -0.05) is 31.4 Å². The van der Waals surface area contributed by atoms with Crippen LogP contribution in [0, 0.1) is 0 Å². The number of carbonyl (C=O) groups is 1. The standard InChI is InChI=1S/C17H23F3N2O/c18-17(19,20)10-11-22(15-4-2-1-3-5-15)16(23)12-13-6-8-14(21)9-7-13/h6-9,15H,1-5,10-12,21H2. The molecule has 23 heavy (non-hydrogen) atoms. The zero-order valence-corrected chi connectivity index (χ0v) is 13.1. The number of nitrogens with two attached hydrogens (primary N) is 1. The van der Waals surface area contributed by atoms with Crippen LogP contribution in [0.25, 0.3) is 0 Å². The number of benzene rings is 1. The summed E-state index contributed by atoms with van der Waals surface area (Å²) in [4.78, 5) is 14.0. The summed E-state index contributed by atoms with van der Waals surface area (Å²) in [5.41, 5.74) is 6.98. The maximum absolute atomic E-state index is 12.6. The first-order chi connectivity index (χ1) is 10.8. The van der Waals surface area contributed by atoms with Crippen molar-refractivity contribution in [3.8, 4) is 0 Å². The van der Waals surface area contributed by atoms with Gasteiger partial charge < -0.3 is 10.6 Å². The lowest BCUT2D eigenvalue weighted by Crippen LogP contribution is -2.44. The summed E-state index contributed by atoms with van der Waals surface area (Å²) in [5, 5.41) is 0. The van der Waals surface area contributed by atoms with Crippen LogP contribution in [-0.2, 0) is 11.2 Å². The molecule has 2 N–H and O–H groups in total. The largest absolute Gasteiger partial charge is 0.399 e. The zero-order chi connectivity index (χ0) is 16.9. The van der Waals surface area contributed by atoms with Crippen molar-refractivity contribution in [3.63, 3.8) is 0 Å². The van der Waals surface area contributed by atoms with Crippen LogP contribution in [0.1, 0.15) is 44.1 Å². The number of nitrogens with zero attached hydrogens (tertiary/aromatic N) is 1. The average molecular weight is 328 g/mol. The minimum Gasteiger partial charge on any atom is -0.399 e. The fourth-order valence-electron chi connectivity index (χ4n) is 3.06. The number of nitrogen functional groups attached to an aromatic ring is 1. The third-order valence-electron chi connectivity index (χ3n) is 4.31. The first-order valence-electron chi connectivity index (χ1n) is 8.06. The van der Waals surface area contributed by atoms with Crippen LogP contribution in [0.5, 0.6) is 0 Å². The van der Waals surface area contributed by atoms with Gasteiger partial charge in [-0.2, -0.15) is 13.2 Å². The lowest BCUT2D eigenvalue weighted by atomic mass is 9.93. The molecule has 0 bridgehead atoms. The number of amides is 1. The Labute approximate surface area is 134 Å². The highest BCUT2D eigenvalue weighted by Gasteiger charge is 2.32. The maximum Gasteiger partial charge on any atom is 0.390 e. The molecule has 0 saturated heterocycles. The Bertz CT molecular complexity index is 508. The number of halogens is 3. The van der Waals surface area contributed by atoms with Gasteiger partial charge in [0.1, 0.15) is 0 Å². The second kappa shape index (κ2) is 7.70. The molecule has 0 spiro atoms. The van der Waals surface area contributed by atoms with Crippen molar-refractivity contribution >= 4 is 11.6 Å². The van der Waals surface area contributed by atoms with Gasteiger partial charge in [-0.05, 0) is 30.5 Å². The SMILES string of the molecule is Nc1ccc(CC(=O)N(CCC(F)(F)F)C2CCCCC2)cc1. The Morgan fingerprint density at radius 3 is 2.30 bits per heavy atom. The van der Waals surface area contributed by atoms with E-state index in [1.807, 2.05) is 0 Å². The highest BCUT2D eigenvalue weighted by molar-refractivity contribution is 5.79. The van der Waals surface area contributed by atoms with E-state index in [4.69, 9.17) is 5.73 Å². The van der Waals surface area contributed by atoms with E-state index in [0.29, 0.717) is 5.69 Å². The molecule has 1 saturated carbocycles. The van der Waals surface area contributed by atoms with Crippen molar-refractivity contribution in [2.75, 3.05) is 12.3 Å².